The summed E-state index contributed by atoms with van der Waals surface area (Å²) in [6, 6.07) is 5.90. The average molecular weight is 437 g/mol. The van der Waals surface area contributed by atoms with Crippen molar-refractivity contribution in [2.75, 3.05) is 18.0 Å². The molecule has 1 aromatic heterocycles. The molecule has 3 aliphatic rings. The highest BCUT2D eigenvalue weighted by atomic mass is 16.2. The number of urea groups is 1. The van der Waals surface area contributed by atoms with Crippen LogP contribution in [0, 0.1) is 16.7 Å². The Morgan fingerprint density at radius 2 is 2.09 bits per heavy atom. The van der Waals surface area contributed by atoms with Crippen molar-refractivity contribution in [3.8, 4) is 0 Å². The molecule has 1 saturated heterocycles. The molecule has 1 aromatic rings. The van der Waals surface area contributed by atoms with Crippen LogP contribution in [-0.4, -0.2) is 70.9 Å². The number of amidine groups is 1. The summed E-state index contributed by atoms with van der Waals surface area (Å²) >= 11 is 0. The molecule has 0 radical (unpaired) electrons. The fraction of sp³-hybridized carbons (Fsp3) is 0.522. The van der Waals surface area contributed by atoms with Crippen LogP contribution in [0.4, 0.5) is 10.6 Å². The first-order valence-electron chi connectivity index (χ1n) is 11.3. The Hall–Kier alpha value is -3.23. The Kier molecular flexibility index (Phi) is 6.25. The fourth-order valence-corrected chi connectivity index (χ4v) is 4.27. The van der Waals surface area contributed by atoms with E-state index in [0.29, 0.717) is 36.6 Å². The molecule has 0 aromatic carbocycles. The third-order valence-corrected chi connectivity index (χ3v) is 6.45. The number of hydrogen-bond donors (Lipinski definition) is 3. The largest absolute Gasteiger partial charge is 0.387 e. The molecule has 32 heavy (non-hydrogen) atoms. The molecule has 3 fully saturated rings. The van der Waals surface area contributed by atoms with Gasteiger partial charge in [-0.2, -0.15) is 0 Å². The monoisotopic (exact) mass is 436 g/mol. The molecular formula is C23H32N8O. The highest BCUT2D eigenvalue weighted by molar-refractivity contribution is 6.01. The molecule has 170 valence electrons. The van der Waals surface area contributed by atoms with Gasteiger partial charge in [-0.3, -0.25) is 20.7 Å². The first-order chi connectivity index (χ1) is 15.4. The molecule has 1 aliphatic heterocycles. The number of pyridine rings is 1. The average Bonchev–Trinajstić information content (AvgIpc) is 3.52. The van der Waals surface area contributed by atoms with E-state index in [1.165, 1.54) is 17.7 Å². The molecule has 9 nitrogen and oxygen atoms in total. The SMILES string of the molecule is C=N/C(=C\NC1CC(N2CCN(c3cccc(C(=N)N(C=N)C(C)C)n3)C2=O)C1)C1CC1. The normalized spacial score (nSPS) is 23.2. The second-order valence-electron chi connectivity index (χ2n) is 8.98. The van der Waals surface area contributed by atoms with E-state index in [4.69, 9.17) is 10.8 Å². The third kappa shape index (κ3) is 4.37. The summed E-state index contributed by atoms with van der Waals surface area (Å²) in [4.78, 5) is 26.9. The molecular weight excluding hydrogens is 404 g/mol. The van der Waals surface area contributed by atoms with Crippen LogP contribution in [0.2, 0.25) is 0 Å². The lowest BCUT2D eigenvalue weighted by Crippen LogP contribution is -2.52. The van der Waals surface area contributed by atoms with Crippen LogP contribution < -0.4 is 10.2 Å². The van der Waals surface area contributed by atoms with Crippen LogP contribution >= 0.6 is 0 Å². The number of allylic oxidation sites excluding steroid dienone is 1. The summed E-state index contributed by atoms with van der Waals surface area (Å²) < 4.78 is 0. The minimum absolute atomic E-state index is 0.0213. The molecule has 0 atom stereocenters. The Bertz CT molecular complexity index is 932. The maximum atomic E-state index is 13.1. The van der Waals surface area contributed by atoms with Gasteiger partial charge in [-0.25, -0.2) is 9.78 Å². The molecule has 2 amide bonds. The van der Waals surface area contributed by atoms with E-state index in [1.807, 2.05) is 31.0 Å². The molecule has 0 spiro atoms. The van der Waals surface area contributed by atoms with Crippen molar-refractivity contribution in [3.05, 3.63) is 35.8 Å². The lowest BCUT2D eigenvalue weighted by atomic mass is 9.86. The van der Waals surface area contributed by atoms with Gasteiger partial charge in [0.25, 0.3) is 0 Å². The van der Waals surface area contributed by atoms with Crippen molar-refractivity contribution < 1.29 is 4.79 Å². The van der Waals surface area contributed by atoms with Gasteiger partial charge in [0.05, 0.1) is 12.0 Å². The number of anilines is 1. The van der Waals surface area contributed by atoms with Gasteiger partial charge in [-0.15, -0.1) is 0 Å². The number of amides is 2. The van der Waals surface area contributed by atoms with Crippen LogP contribution in [0.1, 0.15) is 45.2 Å². The number of rotatable bonds is 9. The van der Waals surface area contributed by atoms with E-state index in [0.717, 1.165) is 24.9 Å². The van der Waals surface area contributed by atoms with E-state index >= 15 is 0 Å². The van der Waals surface area contributed by atoms with Crippen molar-refractivity contribution in [1.82, 2.24) is 20.1 Å². The van der Waals surface area contributed by atoms with Crippen LogP contribution in [0.5, 0.6) is 0 Å². The Balaban J connectivity index is 1.35. The van der Waals surface area contributed by atoms with Gasteiger partial charge in [-0.1, -0.05) is 6.07 Å². The standard InChI is InChI=1S/C23H32N8O/c1-15(2)31(14-24)22(25)19-5-4-6-21(28-19)30-10-9-29(23(30)32)18-11-17(12-18)27-13-20(26-3)16-7-8-16/h4-6,13-18,24-25,27H,3,7-12H2,1-2H3/b20-13-,24-14?,25-22?. The van der Waals surface area contributed by atoms with Crippen LogP contribution in [0.15, 0.2) is 35.1 Å². The van der Waals surface area contributed by atoms with E-state index in [2.05, 4.69) is 22.0 Å². The summed E-state index contributed by atoms with van der Waals surface area (Å²) in [7, 11) is 0. The minimum atomic E-state index is -0.0284. The van der Waals surface area contributed by atoms with Crippen molar-refractivity contribution in [1.29, 1.82) is 10.8 Å². The zero-order valence-corrected chi connectivity index (χ0v) is 18.8. The number of aliphatic imine (C=N–C) groups is 1. The van der Waals surface area contributed by atoms with Gasteiger partial charge >= 0.3 is 6.03 Å². The van der Waals surface area contributed by atoms with E-state index < -0.39 is 0 Å². The van der Waals surface area contributed by atoms with Crippen molar-refractivity contribution in [2.24, 2.45) is 10.9 Å². The first kappa shape index (κ1) is 22.0. The van der Waals surface area contributed by atoms with Crippen LogP contribution in [0.3, 0.4) is 0 Å². The zero-order chi connectivity index (χ0) is 22.8. The second kappa shape index (κ2) is 9.10. The number of hydrogen-bond acceptors (Lipinski definition) is 6. The quantitative estimate of drug-likeness (QED) is 0.408. The van der Waals surface area contributed by atoms with Crippen LogP contribution in [-0.2, 0) is 0 Å². The van der Waals surface area contributed by atoms with E-state index in [9.17, 15) is 4.79 Å². The van der Waals surface area contributed by atoms with Gasteiger partial charge in [0.1, 0.15) is 11.5 Å². The Morgan fingerprint density at radius 1 is 1.34 bits per heavy atom. The van der Waals surface area contributed by atoms with Crippen molar-refractivity contribution >= 4 is 30.7 Å². The van der Waals surface area contributed by atoms with Gasteiger partial charge in [0.2, 0.25) is 0 Å². The fourth-order valence-electron chi connectivity index (χ4n) is 4.27. The van der Waals surface area contributed by atoms with Gasteiger partial charge in [-0.05, 0) is 58.4 Å². The molecule has 2 heterocycles. The third-order valence-electron chi connectivity index (χ3n) is 6.45. The lowest BCUT2D eigenvalue weighted by molar-refractivity contribution is 0.140. The smallest absolute Gasteiger partial charge is 0.326 e. The summed E-state index contributed by atoms with van der Waals surface area (Å²) in [5, 5.41) is 19.4. The predicted molar refractivity (Wildman–Crippen MR) is 127 cm³/mol. The van der Waals surface area contributed by atoms with Gasteiger partial charge in [0, 0.05) is 43.3 Å². The van der Waals surface area contributed by atoms with Crippen molar-refractivity contribution in [3.63, 3.8) is 0 Å². The lowest BCUT2D eigenvalue weighted by Gasteiger charge is -2.41. The second-order valence-corrected chi connectivity index (χ2v) is 8.98. The maximum Gasteiger partial charge on any atom is 0.326 e. The van der Waals surface area contributed by atoms with Crippen molar-refractivity contribution in [2.45, 2.75) is 57.7 Å². The molecule has 2 saturated carbocycles. The van der Waals surface area contributed by atoms with E-state index in [1.54, 1.807) is 17.0 Å². The van der Waals surface area contributed by atoms with Gasteiger partial charge < -0.3 is 15.1 Å². The molecule has 9 heteroatoms. The Morgan fingerprint density at radius 3 is 2.72 bits per heavy atom. The number of carbonyl (C=O) groups excluding carboxylic acids is 1. The summed E-state index contributed by atoms with van der Waals surface area (Å²) in [6.45, 7) is 8.76. The minimum Gasteiger partial charge on any atom is -0.387 e. The first-order valence-corrected chi connectivity index (χ1v) is 11.3. The number of aromatic nitrogens is 1. The molecule has 3 N–H and O–H groups in total. The number of nitrogens with one attached hydrogen (secondary N) is 3. The van der Waals surface area contributed by atoms with Gasteiger partial charge in [0.15, 0.2) is 5.84 Å². The highest BCUT2D eigenvalue weighted by Gasteiger charge is 2.41. The highest BCUT2D eigenvalue weighted by Crippen LogP contribution is 2.37. The summed E-state index contributed by atoms with van der Waals surface area (Å²) in [5.74, 6) is 1.28. The summed E-state index contributed by atoms with van der Waals surface area (Å²) in [6.07, 6.45) is 7.38. The number of carbonyl (C=O) groups is 1. The molecule has 4 rings (SSSR count). The molecule has 0 unspecified atom stereocenters. The zero-order valence-electron chi connectivity index (χ0n) is 18.8. The number of nitrogens with zero attached hydrogens (tertiary/aromatic N) is 5. The molecule has 2 aliphatic carbocycles. The van der Waals surface area contributed by atoms with E-state index in [-0.39, 0.29) is 24.0 Å². The summed E-state index contributed by atoms with van der Waals surface area (Å²) in [5.41, 5.74) is 1.50. The topological polar surface area (TPSA) is 112 Å². The predicted octanol–water partition coefficient (Wildman–Crippen LogP) is 3.04. The van der Waals surface area contributed by atoms with Crippen LogP contribution in [0.25, 0.3) is 0 Å². The Labute approximate surface area is 189 Å². The molecule has 0 bridgehead atoms. The maximum absolute atomic E-state index is 13.1.